The van der Waals surface area contributed by atoms with Gasteiger partial charge in [-0.05, 0) is 6.92 Å². The monoisotopic (exact) mass is 229 g/mol. The van der Waals surface area contributed by atoms with Gasteiger partial charge in [-0.25, -0.2) is 4.52 Å². The lowest BCUT2D eigenvalue weighted by Crippen LogP contribution is -1.93. The summed E-state index contributed by atoms with van der Waals surface area (Å²) in [4.78, 5) is 8.46. The Balaban J connectivity index is 2.22. The largest absolute Gasteiger partial charge is 0.366 e. The van der Waals surface area contributed by atoms with Gasteiger partial charge in [0.05, 0.1) is 6.20 Å². The van der Waals surface area contributed by atoms with E-state index in [0.29, 0.717) is 5.65 Å². The summed E-state index contributed by atoms with van der Waals surface area (Å²) < 4.78 is 3.45. The van der Waals surface area contributed by atoms with Crippen molar-refractivity contribution in [3.8, 4) is 11.3 Å². The number of nitrogens with two attached hydrogens (primary N) is 1. The lowest BCUT2D eigenvalue weighted by molar-refractivity contribution is 0.660. The molecule has 3 aromatic rings. The van der Waals surface area contributed by atoms with E-state index in [4.69, 9.17) is 5.73 Å². The minimum atomic E-state index is 0.238. The lowest BCUT2D eigenvalue weighted by atomic mass is 10.2. The van der Waals surface area contributed by atoms with Gasteiger partial charge in [-0.3, -0.25) is 9.67 Å². The quantitative estimate of drug-likeness (QED) is 0.695. The Bertz CT molecular complexity index is 666. The van der Waals surface area contributed by atoms with Crippen LogP contribution in [0.25, 0.3) is 16.9 Å². The van der Waals surface area contributed by atoms with Crippen LogP contribution in [0.2, 0.25) is 0 Å². The minimum Gasteiger partial charge on any atom is -0.366 e. The second-order valence-electron chi connectivity index (χ2n) is 3.60. The highest BCUT2D eigenvalue weighted by molar-refractivity contribution is 5.72. The summed E-state index contributed by atoms with van der Waals surface area (Å²) in [5.74, 6) is 0.238. The maximum Gasteiger partial charge on any atom is 0.240 e. The van der Waals surface area contributed by atoms with E-state index in [0.717, 1.165) is 17.8 Å². The minimum absolute atomic E-state index is 0.238. The van der Waals surface area contributed by atoms with Crippen molar-refractivity contribution < 1.29 is 0 Å². The maximum absolute atomic E-state index is 5.58. The van der Waals surface area contributed by atoms with Crippen molar-refractivity contribution in [3.63, 3.8) is 0 Å². The molecule has 2 N–H and O–H groups in total. The summed E-state index contributed by atoms with van der Waals surface area (Å²) >= 11 is 0. The molecule has 0 aliphatic heterocycles. The standard InChI is InChI=1S/C10H11N7/c1-2-16-6-7(5-13-16)8-9-14-10(11)15-17(9)4-3-12-8/h3-6H,2H2,1H3,(H2,11,15). The molecule has 86 valence electrons. The first-order valence-corrected chi connectivity index (χ1v) is 5.27. The first-order valence-electron chi connectivity index (χ1n) is 5.27. The van der Waals surface area contributed by atoms with Crippen LogP contribution >= 0.6 is 0 Å². The zero-order chi connectivity index (χ0) is 11.8. The molecule has 0 aromatic carbocycles. The number of fused-ring (bicyclic) bond motifs is 1. The van der Waals surface area contributed by atoms with Gasteiger partial charge in [0, 0.05) is 30.7 Å². The third-order valence-corrected chi connectivity index (χ3v) is 2.50. The van der Waals surface area contributed by atoms with Crippen LogP contribution in [0.3, 0.4) is 0 Å². The summed E-state index contributed by atoms with van der Waals surface area (Å²) in [7, 11) is 0. The van der Waals surface area contributed by atoms with Gasteiger partial charge >= 0.3 is 0 Å². The normalized spacial score (nSPS) is 11.1. The third kappa shape index (κ3) is 1.52. The Morgan fingerprint density at radius 2 is 2.29 bits per heavy atom. The first-order chi connectivity index (χ1) is 8.28. The van der Waals surface area contributed by atoms with E-state index >= 15 is 0 Å². The highest BCUT2D eigenvalue weighted by Gasteiger charge is 2.11. The second kappa shape index (κ2) is 3.55. The van der Waals surface area contributed by atoms with E-state index in [-0.39, 0.29) is 5.95 Å². The lowest BCUT2D eigenvalue weighted by Gasteiger charge is -1.97. The van der Waals surface area contributed by atoms with Crippen molar-refractivity contribution in [1.82, 2.24) is 29.4 Å². The van der Waals surface area contributed by atoms with E-state index < -0.39 is 0 Å². The molecule has 3 rings (SSSR count). The summed E-state index contributed by atoms with van der Waals surface area (Å²) in [6.45, 7) is 2.85. The fourth-order valence-corrected chi connectivity index (χ4v) is 1.70. The van der Waals surface area contributed by atoms with Gasteiger partial charge in [0.1, 0.15) is 5.69 Å². The van der Waals surface area contributed by atoms with Crippen LogP contribution in [0.4, 0.5) is 5.95 Å². The van der Waals surface area contributed by atoms with E-state index in [1.165, 1.54) is 0 Å². The van der Waals surface area contributed by atoms with Gasteiger partial charge in [0.15, 0.2) is 5.65 Å². The maximum atomic E-state index is 5.58. The molecule has 0 unspecified atom stereocenters. The molecule has 0 atom stereocenters. The number of hydrogen-bond acceptors (Lipinski definition) is 5. The molecular weight excluding hydrogens is 218 g/mol. The van der Waals surface area contributed by atoms with Crippen LogP contribution in [-0.4, -0.2) is 29.4 Å². The number of anilines is 1. The molecule has 0 fully saturated rings. The highest BCUT2D eigenvalue weighted by atomic mass is 15.3. The number of rotatable bonds is 2. The predicted octanol–water partition coefficient (Wildman–Crippen LogP) is 0.590. The van der Waals surface area contributed by atoms with Gasteiger partial charge in [0.2, 0.25) is 5.95 Å². The Morgan fingerprint density at radius 1 is 1.41 bits per heavy atom. The smallest absolute Gasteiger partial charge is 0.240 e. The van der Waals surface area contributed by atoms with Crippen LogP contribution in [-0.2, 0) is 6.54 Å². The first kappa shape index (κ1) is 9.76. The van der Waals surface area contributed by atoms with E-state index in [9.17, 15) is 0 Å². The zero-order valence-electron chi connectivity index (χ0n) is 9.28. The number of nitrogen functional groups attached to an aromatic ring is 1. The van der Waals surface area contributed by atoms with Crippen LogP contribution in [0.1, 0.15) is 6.92 Å². The average Bonchev–Trinajstić information content (AvgIpc) is 2.92. The van der Waals surface area contributed by atoms with Crippen molar-refractivity contribution in [1.29, 1.82) is 0 Å². The SMILES string of the molecule is CCn1cc(-c2nccn3nc(N)nc23)cn1. The molecule has 0 radical (unpaired) electrons. The molecule has 0 saturated heterocycles. The summed E-state index contributed by atoms with van der Waals surface area (Å²) in [6.07, 6.45) is 7.07. The zero-order valence-corrected chi connectivity index (χ0v) is 9.28. The predicted molar refractivity (Wildman–Crippen MR) is 62.1 cm³/mol. The summed E-state index contributed by atoms with van der Waals surface area (Å²) in [5, 5.41) is 8.26. The Hall–Kier alpha value is -2.44. The fraction of sp³-hybridized carbons (Fsp3) is 0.200. The third-order valence-electron chi connectivity index (χ3n) is 2.50. The second-order valence-corrected chi connectivity index (χ2v) is 3.60. The van der Waals surface area contributed by atoms with E-state index in [2.05, 4.69) is 20.2 Å². The van der Waals surface area contributed by atoms with Crippen molar-refractivity contribution >= 4 is 11.6 Å². The van der Waals surface area contributed by atoms with Crippen LogP contribution in [0, 0.1) is 0 Å². The van der Waals surface area contributed by atoms with Crippen LogP contribution in [0.15, 0.2) is 24.8 Å². The molecule has 0 spiro atoms. The molecule has 0 aliphatic rings. The summed E-state index contributed by atoms with van der Waals surface area (Å²) in [5.41, 5.74) is 7.86. The number of aromatic nitrogens is 6. The number of aryl methyl sites for hydroxylation is 1. The number of hydrogen-bond donors (Lipinski definition) is 1. The molecule has 0 bridgehead atoms. The molecule has 3 aromatic heterocycles. The summed E-state index contributed by atoms with van der Waals surface area (Å²) in [6, 6.07) is 0. The van der Waals surface area contributed by atoms with Gasteiger partial charge in [-0.15, -0.1) is 5.10 Å². The highest BCUT2D eigenvalue weighted by Crippen LogP contribution is 2.20. The molecule has 3 heterocycles. The van der Waals surface area contributed by atoms with Gasteiger partial charge in [0.25, 0.3) is 0 Å². The molecule has 0 amide bonds. The topological polar surface area (TPSA) is 86.9 Å². The Kier molecular flexibility index (Phi) is 2.04. The molecule has 17 heavy (non-hydrogen) atoms. The molecule has 0 saturated carbocycles. The fourth-order valence-electron chi connectivity index (χ4n) is 1.70. The van der Waals surface area contributed by atoms with Gasteiger partial charge < -0.3 is 5.73 Å². The molecule has 0 aliphatic carbocycles. The van der Waals surface area contributed by atoms with Crippen molar-refractivity contribution in [2.45, 2.75) is 13.5 Å². The average molecular weight is 229 g/mol. The van der Waals surface area contributed by atoms with Crippen molar-refractivity contribution in [2.75, 3.05) is 5.73 Å². The Labute approximate surface area is 96.9 Å². The molecule has 7 heteroatoms. The van der Waals surface area contributed by atoms with Crippen molar-refractivity contribution in [2.24, 2.45) is 0 Å². The number of nitrogens with zero attached hydrogens (tertiary/aromatic N) is 6. The van der Waals surface area contributed by atoms with Crippen LogP contribution in [0.5, 0.6) is 0 Å². The van der Waals surface area contributed by atoms with Crippen LogP contribution < -0.4 is 5.73 Å². The van der Waals surface area contributed by atoms with Crippen molar-refractivity contribution in [3.05, 3.63) is 24.8 Å². The van der Waals surface area contributed by atoms with Gasteiger partial charge in [-0.1, -0.05) is 0 Å². The van der Waals surface area contributed by atoms with Gasteiger partial charge in [-0.2, -0.15) is 10.1 Å². The molecular formula is C10H11N7. The molecule has 7 nitrogen and oxygen atoms in total. The van der Waals surface area contributed by atoms with E-state index in [1.54, 1.807) is 23.1 Å². The Morgan fingerprint density at radius 3 is 3.06 bits per heavy atom. The van der Waals surface area contributed by atoms with E-state index in [1.807, 2.05) is 17.8 Å².